The minimum Gasteiger partial charge on any atom is -0.439 e. The van der Waals surface area contributed by atoms with Gasteiger partial charge in [0.05, 0.1) is 23.2 Å². The predicted octanol–water partition coefficient (Wildman–Crippen LogP) is 5.78. The molecule has 0 aliphatic heterocycles. The monoisotopic (exact) mass is 582 g/mol. The molecule has 1 atom stereocenters. The second-order valence-electron chi connectivity index (χ2n) is 9.35. The van der Waals surface area contributed by atoms with Crippen LogP contribution in [-0.2, 0) is 16.9 Å². The van der Waals surface area contributed by atoms with Crippen LogP contribution in [0, 0.1) is 15.9 Å². The summed E-state index contributed by atoms with van der Waals surface area (Å²) in [7, 11) is 0. The Labute approximate surface area is 232 Å². The highest BCUT2D eigenvalue weighted by molar-refractivity contribution is 5.93. The number of ether oxygens (including phenoxy) is 1. The van der Waals surface area contributed by atoms with Crippen molar-refractivity contribution in [2.24, 2.45) is 0 Å². The molecule has 2 heterocycles. The minimum atomic E-state index is -5.11. The summed E-state index contributed by atoms with van der Waals surface area (Å²) in [4.78, 5) is 34.9. The molecule has 0 aliphatic carbocycles. The van der Waals surface area contributed by atoms with Crippen LogP contribution in [0.4, 0.5) is 23.2 Å². The van der Waals surface area contributed by atoms with Crippen LogP contribution in [0.3, 0.4) is 0 Å². The number of carbonyl (C=O) groups excluding carboxylic acids is 1. The van der Waals surface area contributed by atoms with Crippen molar-refractivity contribution >= 4 is 22.6 Å². The Bertz CT molecular complexity index is 1880. The summed E-state index contributed by atoms with van der Waals surface area (Å²) in [5, 5.41) is 18.7. The molecular formula is C28H18F4N4O6. The molecule has 0 radical (unpaired) electrons. The van der Waals surface area contributed by atoms with E-state index in [0.29, 0.717) is 29.0 Å². The zero-order valence-corrected chi connectivity index (χ0v) is 21.5. The standard InChI is InChI=1S/C28H18F4N4O6/c1-27(28(30,31)32,42-26(38)17-6-8-20(9-7-17)36(39)40)24-15-35(34-33-24)14-16-5-10-21-22(13-25(37)41-23(21)11-16)18-3-2-4-19(29)12-18/h2-13,15H,14H2,1H3. The lowest BCUT2D eigenvalue weighted by Crippen LogP contribution is -2.44. The van der Waals surface area contributed by atoms with E-state index in [4.69, 9.17) is 9.15 Å². The molecule has 14 heteroatoms. The number of aromatic nitrogens is 3. The van der Waals surface area contributed by atoms with Crippen molar-refractivity contribution in [2.75, 3.05) is 0 Å². The van der Waals surface area contributed by atoms with E-state index in [-0.39, 0.29) is 23.4 Å². The maximum atomic E-state index is 14.2. The Morgan fingerprint density at radius 3 is 2.48 bits per heavy atom. The van der Waals surface area contributed by atoms with Crippen LogP contribution in [0.5, 0.6) is 0 Å². The zero-order valence-electron chi connectivity index (χ0n) is 21.5. The Kier molecular flexibility index (Phi) is 7.06. The lowest BCUT2D eigenvalue weighted by atomic mass is 10.0. The molecule has 42 heavy (non-hydrogen) atoms. The number of carbonyl (C=O) groups is 1. The Morgan fingerprint density at radius 2 is 1.81 bits per heavy atom. The quantitative estimate of drug-likeness (QED) is 0.0776. The van der Waals surface area contributed by atoms with Gasteiger partial charge in [-0.3, -0.25) is 10.1 Å². The van der Waals surface area contributed by atoms with E-state index in [0.717, 1.165) is 35.1 Å². The first-order valence-corrected chi connectivity index (χ1v) is 12.1. The summed E-state index contributed by atoms with van der Waals surface area (Å²) >= 11 is 0. The molecule has 0 amide bonds. The van der Waals surface area contributed by atoms with Crippen molar-refractivity contribution in [1.29, 1.82) is 0 Å². The fourth-order valence-electron chi connectivity index (χ4n) is 4.20. The molecule has 0 aliphatic rings. The molecule has 1 unspecified atom stereocenters. The molecule has 0 fully saturated rings. The molecule has 0 saturated heterocycles. The number of nitro groups is 1. The molecule has 0 bridgehead atoms. The van der Waals surface area contributed by atoms with Gasteiger partial charge in [0, 0.05) is 23.6 Å². The maximum absolute atomic E-state index is 14.2. The molecule has 3 aromatic carbocycles. The predicted molar refractivity (Wildman–Crippen MR) is 139 cm³/mol. The van der Waals surface area contributed by atoms with Gasteiger partial charge in [0.1, 0.15) is 17.1 Å². The van der Waals surface area contributed by atoms with Crippen LogP contribution in [-0.4, -0.2) is 32.1 Å². The van der Waals surface area contributed by atoms with Crippen LogP contribution in [0.25, 0.3) is 22.1 Å². The van der Waals surface area contributed by atoms with E-state index in [1.807, 2.05) is 0 Å². The zero-order chi connectivity index (χ0) is 30.2. The number of benzene rings is 3. The van der Waals surface area contributed by atoms with Gasteiger partial charge < -0.3 is 9.15 Å². The number of non-ortho nitro benzene ring substituents is 1. The number of halogens is 4. The third-order valence-electron chi connectivity index (χ3n) is 6.47. The van der Waals surface area contributed by atoms with Gasteiger partial charge in [-0.2, -0.15) is 13.2 Å². The summed E-state index contributed by atoms with van der Waals surface area (Å²) in [5.74, 6) is -1.87. The second-order valence-corrected chi connectivity index (χ2v) is 9.35. The summed E-state index contributed by atoms with van der Waals surface area (Å²) in [6, 6.07) is 15.5. The summed E-state index contributed by atoms with van der Waals surface area (Å²) < 4.78 is 67.5. The topological polar surface area (TPSA) is 130 Å². The number of nitrogens with zero attached hydrogens (tertiary/aromatic N) is 4. The highest BCUT2D eigenvalue weighted by atomic mass is 19.4. The SMILES string of the molecule is CC(OC(=O)c1ccc([N+](=O)[O-])cc1)(c1cn(Cc2ccc3c(-c4cccc(F)c4)cc(=O)oc3c2)nn1)C(F)(F)F. The fraction of sp³-hybridized carbons (Fsp3) is 0.143. The van der Waals surface area contributed by atoms with Crippen molar-refractivity contribution in [3.63, 3.8) is 0 Å². The fourth-order valence-corrected chi connectivity index (χ4v) is 4.20. The van der Waals surface area contributed by atoms with E-state index >= 15 is 0 Å². The molecule has 0 N–H and O–H groups in total. The van der Waals surface area contributed by atoms with Crippen LogP contribution in [0.1, 0.15) is 28.5 Å². The minimum absolute atomic E-state index is 0.0962. The van der Waals surface area contributed by atoms with Crippen molar-refractivity contribution in [3.05, 3.63) is 122 Å². The van der Waals surface area contributed by atoms with Crippen LogP contribution < -0.4 is 5.63 Å². The van der Waals surface area contributed by atoms with Gasteiger partial charge in [0.25, 0.3) is 5.69 Å². The molecule has 5 aromatic rings. The molecular weight excluding hydrogens is 564 g/mol. The number of rotatable bonds is 7. The third kappa shape index (κ3) is 5.46. The van der Waals surface area contributed by atoms with Gasteiger partial charge in [-0.1, -0.05) is 29.5 Å². The van der Waals surface area contributed by atoms with Crippen LogP contribution in [0.2, 0.25) is 0 Å². The number of esters is 1. The molecule has 0 spiro atoms. The highest BCUT2D eigenvalue weighted by Gasteiger charge is 2.58. The summed E-state index contributed by atoms with van der Waals surface area (Å²) in [5.41, 5.74) is -3.76. The maximum Gasteiger partial charge on any atom is 0.434 e. The molecule has 10 nitrogen and oxygen atoms in total. The van der Waals surface area contributed by atoms with E-state index in [1.165, 1.54) is 30.3 Å². The number of hydrogen-bond donors (Lipinski definition) is 0. The number of nitro benzene ring substituents is 1. The third-order valence-corrected chi connectivity index (χ3v) is 6.47. The van der Waals surface area contributed by atoms with E-state index in [1.54, 1.807) is 18.2 Å². The van der Waals surface area contributed by atoms with Crippen molar-refractivity contribution in [3.8, 4) is 11.1 Å². The van der Waals surface area contributed by atoms with E-state index in [9.17, 15) is 37.3 Å². The lowest BCUT2D eigenvalue weighted by Gasteiger charge is -2.29. The van der Waals surface area contributed by atoms with Gasteiger partial charge in [0.2, 0.25) is 5.60 Å². The Hall–Kier alpha value is -5.40. The average Bonchev–Trinajstić information content (AvgIpc) is 3.40. The molecule has 0 saturated carbocycles. The van der Waals surface area contributed by atoms with Gasteiger partial charge in [-0.15, -0.1) is 5.10 Å². The largest absolute Gasteiger partial charge is 0.439 e. The Morgan fingerprint density at radius 1 is 1.07 bits per heavy atom. The summed E-state index contributed by atoms with van der Waals surface area (Å²) in [6.07, 6.45) is -4.15. The van der Waals surface area contributed by atoms with E-state index in [2.05, 4.69) is 10.3 Å². The van der Waals surface area contributed by atoms with Crippen LogP contribution >= 0.6 is 0 Å². The highest BCUT2D eigenvalue weighted by Crippen LogP contribution is 2.41. The molecule has 5 rings (SSSR count). The van der Waals surface area contributed by atoms with Gasteiger partial charge in [-0.05, 0) is 53.9 Å². The smallest absolute Gasteiger partial charge is 0.434 e. The first kappa shape index (κ1) is 28.1. The molecule has 214 valence electrons. The van der Waals surface area contributed by atoms with Gasteiger partial charge in [-0.25, -0.2) is 18.7 Å². The number of hydrogen-bond acceptors (Lipinski definition) is 8. The summed E-state index contributed by atoms with van der Waals surface area (Å²) in [6.45, 7) is 0.518. The van der Waals surface area contributed by atoms with Gasteiger partial charge >= 0.3 is 17.8 Å². The lowest BCUT2D eigenvalue weighted by molar-refractivity contribution is -0.384. The number of alkyl halides is 3. The Balaban J connectivity index is 1.42. The second kappa shape index (κ2) is 10.5. The number of fused-ring (bicyclic) bond motifs is 1. The first-order valence-electron chi connectivity index (χ1n) is 12.1. The van der Waals surface area contributed by atoms with E-state index < -0.39 is 39.8 Å². The van der Waals surface area contributed by atoms with Crippen molar-refractivity contribution < 1.29 is 36.4 Å². The van der Waals surface area contributed by atoms with Crippen LogP contribution in [0.15, 0.2) is 88.2 Å². The van der Waals surface area contributed by atoms with Gasteiger partial charge in [0.15, 0.2) is 0 Å². The normalized spacial score (nSPS) is 13.1. The first-order chi connectivity index (χ1) is 19.8. The van der Waals surface area contributed by atoms with Crippen molar-refractivity contribution in [1.82, 2.24) is 15.0 Å². The molecule has 2 aromatic heterocycles. The van der Waals surface area contributed by atoms with Crippen molar-refractivity contribution in [2.45, 2.75) is 25.2 Å². The average molecular weight is 582 g/mol.